The second-order valence-corrected chi connectivity index (χ2v) is 5.52. The fraction of sp³-hybridized carbons (Fsp3) is 0.105. The SMILES string of the molecule is C[C@@H](Oc1ccccc1F)C(=O)NNC(=O)c1ccc2ccccc2n1. The average Bonchev–Trinajstić information content (AvgIpc) is 2.67. The van der Waals surface area contributed by atoms with Gasteiger partial charge in [0.05, 0.1) is 5.52 Å². The smallest absolute Gasteiger partial charge is 0.288 e. The van der Waals surface area contributed by atoms with Gasteiger partial charge in [-0.25, -0.2) is 9.37 Å². The fourth-order valence-electron chi connectivity index (χ4n) is 2.26. The zero-order valence-corrected chi connectivity index (χ0v) is 13.9. The molecule has 0 fully saturated rings. The van der Waals surface area contributed by atoms with Crippen LogP contribution < -0.4 is 15.6 Å². The molecule has 2 N–H and O–H groups in total. The van der Waals surface area contributed by atoms with Crippen LogP contribution in [0.4, 0.5) is 4.39 Å². The van der Waals surface area contributed by atoms with E-state index in [1.165, 1.54) is 25.1 Å². The van der Waals surface area contributed by atoms with E-state index in [0.29, 0.717) is 5.52 Å². The molecule has 6 nitrogen and oxygen atoms in total. The molecule has 132 valence electrons. The van der Waals surface area contributed by atoms with Crippen LogP contribution in [0.25, 0.3) is 10.9 Å². The standard InChI is InChI=1S/C19H16FN3O3/c1-12(26-17-9-5-3-7-14(17)20)18(24)22-23-19(25)16-11-10-13-6-2-4-8-15(13)21-16/h2-12H,1H3,(H,22,24)(H,23,25)/t12-/m1/s1. The number of amides is 2. The van der Waals surface area contributed by atoms with Crippen LogP contribution >= 0.6 is 0 Å². The minimum Gasteiger partial charge on any atom is -0.478 e. The van der Waals surface area contributed by atoms with Gasteiger partial charge >= 0.3 is 0 Å². The Balaban J connectivity index is 1.59. The van der Waals surface area contributed by atoms with Crippen molar-refractivity contribution >= 4 is 22.7 Å². The normalized spacial score (nSPS) is 11.6. The maximum atomic E-state index is 13.5. The van der Waals surface area contributed by atoms with Gasteiger partial charge in [-0.3, -0.25) is 20.4 Å². The number of ether oxygens (including phenoxy) is 1. The number of carbonyl (C=O) groups is 2. The molecule has 1 heterocycles. The average molecular weight is 353 g/mol. The summed E-state index contributed by atoms with van der Waals surface area (Å²) < 4.78 is 18.8. The molecule has 0 bridgehead atoms. The molecule has 26 heavy (non-hydrogen) atoms. The quantitative estimate of drug-likeness (QED) is 0.707. The number of halogens is 1. The Labute approximate surface area is 149 Å². The van der Waals surface area contributed by atoms with Gasteiger partial charge in [-0.1, -0.05) is 36.4 Å². The molecule has 0 spiro atoms. The summed E-state index contributed by atoms with van der Waals surface area (Å²) >= 11 is 0. The van der Waals surface area contributed by atoms with E-state index in [4.69, 9.17) is 4.74 Å². The molecule has 0 saturated heterocycles. The first kappa shape index (κ1) is 17.3. The van der Waals surface area contributed by atoms with Crippen molar-refractivity contribution in [1.82, 2.24) is 15.8 Å². The van der Waals surface area contributed by atoms with Gasteiger partial charge in [-0.05, 0) is 31.2 Å². The van der Waals surface area contributed by atoms with Crippen molar-refractivity contribution in [3.8, 4) is 5.75 Å². The Kier molecular flexibility index (Phi) is 5.07. The summed E-state index contributed by atoms with van der Waals surface area (Å²) in [7, 11) is 0. The second-order valence-electron chi connectivity index (χ2n) is 5.52. The Morgan fingerprint density at radius 2 is 1.73 bits per heavy atom. The molecular weight excluding hydrogens is 337 g/mol. The number of para-hydroxylation sites is 2. The molecule has 0 unspecified atom stereocenters. The number of hydrazine groups is 1. The number of hydrogen-bond donors (Lipinski definition) is 2. The summed E-state index contributed by atoms with van der Waals surface area (Å²) in [5.74, 6) is -1.81. The molecule has 1 aromatic heterocycles. The van der Waals surface area contributed by atoms with Crippen molar-refractivity contribution in [1.29, 1.82) is 0 Å². The predicted octanol–water partition coefficient (Wildman–Crippen LogP) is 2.60. The number of hydrogen-bond acceptors (Lipinski definition) is 4. The number of fused-ring (bicyclic) bond motifs is 1. The number of rotatable bonds is 4. The number of pyridine rings is 1. The number of nitrogens with zero attached hydrogens (tertiary/aromatic N) is 1. The van der Waals surface area contributed by atoms with Gasteiger partial charge in [0.25, 0.3) is 11.8 Å². The summed E-state index contributed by atoms with van der Waals surface area (Å²) in [6.07, 6.45) is -1.00. The van der Waals surface area contributed by atoms with Crippen LogP contribution in [0.2, 0.25) is 0 Å². The minimum absolute atomic E-state index is 0.0438. The van der Waals surface area contributed by atoms with Crippen molar-refractivity contribution in [3.63, 3.8) is 0 Å². The fourth-order valence-corrected chi connectivity index (χ4v) is 2.26. The van der Waals surface area contributed by atoms with Crippen molar-refractivity contribution < 1.29 is 18.7 Å². The Hall–Kier alpha value is -3.48. The van der Waals surface area contributed by atoms with Crippen LogP contribution in [0.5, 0.6) is 5.75 Å². The van der Waals surface area contributed by atoms with Gasteiger partial charge in [-0.2, -0.15) is 0 Å². The van der Waals surface area contributed by atoms with Crippen LogP contribution in [0.3, 0.4) is 0 Å². The largest absolute Gasteiger partial charge is 0.478 e. The highest BCUT2D eigenvalue weighted by atomic mass is 19.1. The van der Waals surface area contributed by atoms with E-state index in [0.717, 1.165) is 5.39 Å². The highest BCUT2D eigenvalue weighted by Gasteiger charge is 2.17. The Morgan fingerprint density at radius 3 is 2.54 bits per heavy atom. The first-order valence-electron chi connectivity index (χ1n) is 7.92. The highest BCUT2D eigenvalue weighted by Crippen LogP contribution is 2.17. The van der Waals surface area contributed by atoms with E-state index in [2.05, 4.69) is 15.8 Å². The van der Waals surface area contributed by atoms with Crippen molar-refractivity contribution in [2.75, 3.05) is 0 Å². The lowest BCUT2D eigenvalue weighted by molar-refractivity contribution is -0.128. The van der Waals surface area contributed by atoms with E-state index in [9.17, 15) is 14.0 Å². The van der Waals surface area contributed by atoms with Gasteiger partial charge in [0.15, 0.2) is 17.7 Å². The molecule has 0 aliphatic carbocycles. The van der Waals surface area contributed by atoms with Crippen molar-refractivity contribution in [2.24, 2.45) is 0 Å². The zero-order chi connectivity index (χ0) is 18.5. The van der Waals surface area contributed by atoms with Crippen LogP contribution in [-0.2, 0) is 4.79 Å². The molecule has 0 aliphatic heterocycles. The van der Waals surface area contributed by atoms with E-state index < -0.39 is 23.7 Å². The third-order valence-corrected chi connectivity index (χ3v) is 3.64. The molecule has 3 rings (SSSR count). The lowest BCUT2D eigenvalue weighted by Gasteiger charge is -2.15. The number of nitrogens with one attached hydrogen (secondary N) is 2. The first-order valence-corrected chi connectivity index (χ1v) is 7.92. The predicted molar refractivity (Wildman–Crippen MR) is 93.8 cm³/mol. The number of carbonyl (C=O) groups excluding carboxylic acids is 2. The maximum Gasteiger partial charge on any atom is 0.288 e. The molecule has 2 aromatic carbocycles. The molecule has 0 aliphatic rings. The molecular formula is C19H16FN3O3. The number of aromatic nitrogens is 1. The van der Waals surface area contributed by atoms with E-state index in [-0.39, 0.29) is 11.4 Å². The van der Waals surface area contributed by atoms with Gasteiger partial charge in [0.2, 0.25) is 0 Å². The molecule has 2 amide bonds. The lowest BCUT2D eigenvalue weighted by Crippen LogP contribution is -2.47. The van der Waals surface area contributed by atoms with Crippen LogP contribution in [0.15, 0.2) is 60.7 Å². The van der Waals surface area contributed by atoms with Crippen molar-refractivity contribution in [2.45, 2.75) is 13.0 Å². The zero-order valence-electron chi connectivity index (χ0n) is 13.9. The summed E-state index contributed by atoms with van der Waals surface area (Å²) in [5.41, 5.74) is 5.34. The van der Waals surface area contributed by atoms with Gasteiger partial charge in [0, 0.05) is 5.39 Å². The third-order valence-electron chi connectivity index (χ3n) is 3.64. The van der Waals surface area contributed by atoms with E-state index >= 15 is 0 Å². The topological polar surface area (TPSA) is 80.3 Å². The summed E-state index contributed by atoms with van der Waals surface area (Å²) in [6, 6.07) is 16.4. The van der Waals surface area contributed by atoms with Crippen LogP contribution in [0, 0.1) is 5.82 Å². The van der Waals surface area contributed by atoms with E-state index in [1.807, 2.05) is 18.2 Å². The molecule has 1 atom stereocenters. The summed E-state index contributed by atoms with van der Waals surface area (Å²) in [4.78, 5) is 28.4. The van der Waals surface area contributed by atoms with Crippen molar-refractivity contribution in [3.05, 3.63) is 72.2 Å². The minimum atomic E-state index is -1.00. The van der Waals surface area contributed by atoms with E-state index in [1.54, 1.807) is 24.3 Å². The molecule has 3 aromatic rings. The Bertz CT molecular complexity index is 961. The molecule has 0 radical (unpaired) electrons. The van der Waals surface area contributed by atoms with Crippen LogP contribution in [-0.4, -0.2) is 22.9 Å². The lowest BCUT2D eigenvalue weighted by atomic mass is 10.2. The van der Waals surface area contributed by atoms with Gasteiger partial charge < -0.3 is 4.74 Å². The molecule has 7 heteroatoms. The van der Waals surface area contributed by atoms with Crippen LogP contribution in [0.1, 0.15) is 17.4 Å². The highest BCUT2D eigenvalue weighted by molar-refractivity contribution is 5.96. The first-order chi connectivity index (χ1) is 12.5. The molecule has 0 saturated carbocycles. The maximum absolute atomic E-state index is 13.5. The second kappa shape index (κ2) is 7.60. The summed E-state index contributed by atoms with van der Waals surface area (Å²) in [5, 5.41) is 0.903. The number of benzene rings is 2. The van der Waals surface area contributed by atoms with Gasteiger partial charge in [0.1, 0.15) is 5.69 Å². The third kappa shape index (κ3) is 3.94. The Morgan fingerprint density at radius 1 is 1.00 bits per heavy atom. The summed E-state index contributed by atoms with van der Waals surface area (Å²) in [6.45, 7) is 1.45. The monoisotopic (exact) mass is 353 g/mol. The van der Waals surface area contributed by atoms with Gasteiger partial charge in [-0.15, -0.1) is 0 Å².